The second-order valence-electron chi connectivity index (χ2n) is 7.44. The Morgan fingerprint density at radius 1 is 1.28 bits per heavy atom. The minimum absolute atomic E-state index is 0.0531. The molecule has 0 spiro atoms. The summed E-state index contributed by atoms with van der Waals surface area (Å²) in [5.41, 5.74) is 3.50. The van der Waals surface area contributed by atoms with Crippen LogP contribution in [0.4, 0.5) is 0 Å². The van der Waals surface area contributed by atoms with Crippen molar-refractivity contribution < 1.29 is 9.26 Å². The first-order valence-corrected chi connectivity index (χ1v) is 9.23. The predicted octanol–water partition coefficient (Wildman–Crippen LogP) is 2.73. The molecule has 1 saturated carbocycles. The maximum atomic E-state index is 6.06. The number of nitrogens with zero attached hydrogens (tertiary/aromatic N) is 4. The van der Waals surface area contributed by atoms with Crippen LogP contribution >= 0.6 is 0 Å². The summed E-state index contributed by atoms with van der Waals surface area (Å²) in [5, 5.41) is 12.2. The molecule has 0 radical (unpaired) electrons. The average Bonchev–Trinajstić information content (AvgIpc) is 3.03. The summed E-state index contributed by atoms with van der Waals surface area (Å²) in [5.74, 6) is 2.50. The lowest BCUT2D eigenvalue weighted by atomic mass is 9.93. The van der Waals surface area contributed by atoms with Gasteiger partial charge in [0.1, 0.15) is 0 Å². The maximum Gasteiger partial charge on any atom is 0.243 e. The molecule has 7 heteroatoms. The van der Waals surface area contributed by atoms with Crippen molar-refractivity contribution in [2.75, 3.05) is 13.2 Å². The second-order valence-corrected chi connectivity index (χ2v) is 7.44. The molecule has 0 amide bonds. The van der Waals surface area contributed by atoms with E-state index < -0.39 is 0 Å². The van der Waals surface area contributed by atoms with Gasteiger partial charge < -0.3 is 14.6 Å². The average molecular weight is 345 g/mol. The van der Waals surface area contributed by atoms with Gasteiger partial charge in [0, 0.05) is 43.3 Å². The van der Waals surface area contributed by atoms with Crippen LogP contribution in [0, 0.1) is 19.8 Å². The highest BCUT2D eigenvalue weighted by atomic mass is 16.5. The molecule has 1 aliphatic heterocycles. The van der Waals surface area contributed by atoms with Crippen LogP contribution in [0.1, 0.15) is 72.9 Å². The molecule has 1 saturated heterocycles. The number of ether oxygens (including phenoxy) is 1. The van der Waals surface area contributed by atoms with Crippen LogP contribution in [0.2, 0.25) is 0 Å². The van der Waals surface area contributed by atoms with E-state index >= 15 is 0 Å². The zero-order valence-corrected chi connectivity index (χ0v) is 15.5. The zero-order valence-electron chi connectivity index (χ0n) is 15.5. The summed E-state index contributed by atoms with van der Waals surface area (Å²) in [6.45, 7) is 7.92. The van der Waals surface area contributed by atoms with Crippen LogP contribution in [0.25, 0.3) is 0 Å². The number of hydrogen-bond acceptors (Lipinski definition) is 6. The van der Waals surface area contributed by atoms with Gasteiger partial charge in [-0.3, -0.25) is 4.68 Å². The summed E-state index contributed by atoms with van der Waals surface area (Å²) in [4.78, 5) is 4.54. The lowest BCUT2D eigenvalue weighted by molar-refractivity contribution is 0.0885. The van der Waals surface area contributed by atoms with Crippen molar-refractivity contribution in [3.05, 3.63) is 28.7 Å². The molecule has 2 aromatic heterocycles. The molecule has 7 nitrogen and oxygen atoms in total. The number of aryl methyl sites for hydroxylation is 2. The normalized spacial score (nSPS) is 24.8. The highest BCUT2D eigenvalue weighted by molar-refractivity contribution is 5.28. The summed E-state index contributed by atoms with van der Waals surface area (Å²) < 4.78 is 13.4. The Hall–Kier alpha value is -1.73. The Bertz CT molecular complexity index is 749. The SMILES string of the molecule is Cc1nn(C)c(C)c1[C@@H]1OCC[C@@H]1CN[C@H](C)c1nc(C2CC2)no1. The fraction of sp³-hybridized carbons (Fsp3) is 0.722. The first-order valence-electron chi connectivity index (χ1n) is 9.23. The van der Waals surface area contributed by atoms with Gasteiger partial charge in [-0.2, -0.15) is 10.1 Å². The molecular formula is C18H27N5O2. The van der Waals surface area contributed by atoms with Crippen molar-refractivity contribution in [3.63, 3.8) is 0 Å². The Morgan fingerprint density at radius 3 is 2.76 bits per heavy atom. The molecule has 1 aliphatic carbocycles. The lowest BCUT2D eigenvalue weighted by Gasteiger charge is -2.21. The highest BCUT2D eigenvalue weighted by Crippen LogP contribution is 2.39. The van der Waals surface area contributed by atoms with Crippen molar-refractivity contribution >= 4 is 0 Å². The summed E-state index contributed by atoms with van der Waals surface area (Å²) in [6, 6.07) is 0.0531. The van der Waals surface area contributed by atoms with Crippen molar-refractivity contribution in [2.45, 2.75) is 58.1 Å². The van der Waals surface area contributed by atoms with Gasteiger partial charge in [-0.1, -0.05) is 5.16 Å². The molecule has 0 aromatic carbocycles. The van der Waals surface area contributed by atoms with Crippen LogP contribution < -0.4 is 5.32 Å². The van der Waals surface area contributed by atoms with Gasteiger partial charge in [0.2, 0.25) is 5.89 Å². The van der Waals surface area contributed by atoms with E-state index in [1.807, 2.05) is 11.7 Å². The Kier molecular flexibility index (Phi) is 4.37. The Balaban J connectivity index is 1.40. The molecule has 3 atom stereocenters. The van der Waals surface area contributed by atoms with Crippen LogP contribution in [-0.2, 0) is 11.8 Å². The van der Waals surface area contributed by atoms with E-state index in [4.69, 9.17) is 9.26 Å². The predicted molar refractivity (Wildman–Crippen MR) is 92.2 cm³/mol. The molecule has 25 heavy (non-hydrogen) atoms. The molecule has 2 aromatic rings. The van der Waals surface area contributed by atoms with Crippen LogP contribution in [0.15, 0.2) is 4.52 Å². The van der Waals surface area contributed by atoms with Crippen LogP contribution in [-0.4, -0.2) is 33.1 Å². The van der Waals surface area contributed by atoms with Crippen LogP contribution in [0.3, 0.4) is 0 Å². The molecule has 1 N–H and O–H groups in total. The third-order valence-corrected chi connectivity index (χ3v) is 5.52. The molecule has 2 fully saturated rings. The molecule has 3 heterocycles. The molecule has 2 aliphatic rings. The van der Waals surface area contributed by atoms with Gasteiger partial charge in [0.25, 0.3) is 0 Å². The summed E-state index contributed by atoms with van der Waals surface area (Å²) >= 11 is 0. The van der Waals surface area contributed by atoms with E-state index in [-0.39, 0.29) is 12.1 Å². The highest BCUT2D eigenvalue weighted by Gasteiger charge is 2.34. The number of hydrogen-bond donors (Lipinski definition) is 1. The van der Waals surface area contributed by atoms with Gasteiger partial charge in [-0.15, -0.1) is 0 Å². The van der Waals surface area contributed by atoms with E-state index in [0.29, 0.717) is 17.7 Å². The molecule has 4 rings (SSSR count). The second kappa shape index (κ2) is 6.53. The zero-order chi connectivity index (χ0) is 17.6. The summed E-state index contributed by atoms with van der Waals surface area (Å²) in [6.07, 6.45) is 3.53. The van der Waals surface area contributed by atoms with E-state index in [0.717, 1.165) is 31.1 Å². The van der Waals surface area contributed by atoms with Crippen LogP contribution in [0.5, 0.6) is 0 Å². The summed E-state index contributed by atoms with van der Waals surface area (Å²) in [7, 11) is 1.99. The van der Waals surface area contributed by atoms with Gasteiger partial charge >= 0.3 is 0 Å². The van der Waals surface area contributed by atoms with Crippen molar-refractivity contribution in [1.29, 1.82) is 0 Å². The van der Waals surface area contributed by atoms with E-state index in [2.05, 4.69) is 41.3 Å². The van der Waals surface area contributed by atoms with Gasteiger partial charge in [-0.25, -0.2) is 0 Å². The topological polar surface area (TPSA) is 78.0 Å². The minimum Gasteiger partial charge on any atom is -0.373 e. The Labute approximate surface area is 148 Å². The molecule has 0 unspecified atom stereocenters. The van der Waals surface area contributed by atoms with Gasteiger partial charge in [0.15, 0.2) is 5.82 Å². The quantitative estimate of drug-likeness (QED) is 0.867. The minimum atomic E-state index is 0.0531. The first-order chi connectivity index (χ1) is 12.0. The van der Waals surface area contributed by atoms with Gasteiger partial charge in [-0.05, 0) is 40.0 Å². The van der Waals surface area contributed by atoms with Gasteiger partial charge in [0.05, 0.1) is 17.8 Å². The fourth-order valence-electron chi connectivity index (χ4n) is 3.71. The van der Waals surface area contributed by atoms with Crippen molar-refractivity contribution in [1.82, 2.24) is 25.2 Å². The third-order valence-electron chi connectivity index (χ3n) is 5.52. The molecule has 136 valence electrons. The van der Waals surface area contributed by atoms with Crippen molar-refractivity contribution in [3.8, 4) is 0 Å². The monoisotopic (exact) mass is 345 g/mol. The number of nitrogens with one attached hydrogen (secondary N) is 1. The Morgan fingerprint density at radius 2 is 2.08 bits per heavy atom. The first kappa shape index (κ1) is 16.7. The number of rotatable bonds is 6. The fourth-order valence-corrected chi connectivity index (χ4v) is 3.71. The van der Waals surface area contributed by atoms with E-state index in [9.17, 15) is 0 Å². The third kappa shape index (κ3) is 3.22. The van der Waals surface area contributed by atoms with E-state index in [1.165, 1.54) is 24.1 Å². The standard InChI is InChI=1S/C18H27N5O2/c1-10-15(12(3)23(4)21-10)16-14(7-8-24-16)9-19-11(2)18-20-17(22-25-18)13-5-6-13/h11,13-14,16,19H,5-9H2,1-4H3/t11-,14-,16-/m1/s1. The van der Waals surface area contributed by atoms with E-state index in [1.54, 1.807) is 0 Å². The van der Waals surface area contributed by atoms with Crippen molar-refractivity contribution in [2.24, 2.45) is 13.0 Å². The number of aromatic nitrogens is 4. The molecule has 0 bridgehead atoms. The largest absolute Gasteiger partial charge is 0.373 e. The molecular weight excluding hydrogens is 318 g/mol. The smallest absolute Gasteiger partial charge is 0.243 e. The maximum absolute atomic E-state index is 6.06. The lowest BCUT2D eigenvalue weighted by Crippen LogP contribution is -2.28.